The van der Waals surface area contributed by atoms with E-state index >= 15 is 0 Å². The third-order valence-corrected chi connectivity index (χ3v) is 3.44. The van der Waals surface area contributed by atoms with Gasteiger partial charge in [-0.25, -0.2) is 4.39 Å². The minimum Gasteiger partial charge on any atom is -0.494 e. The first-order valence-electron chi connectivity index (χ1n) is 6.43. The van der Waals surface area contributed by atoms with E-state index in [9.17, 15) is 4.39 Å². The third-order valence-electron chi connectivity index (χ3n) is 3.44. The zero-order valence-electron chi connectivity index (χ0n) is 11.1. The SMILES string of the molecule is COc1ccc(CNC2CCCN(C)C2)cc1F. The van der Waals surface area contributed by atoms with Gasteiger partial charge in [0.15, 0.2) is 11.6 Å². The van der Waals surface area contributed by atoms with Crippen LogP contribution in [0.3, 0.4) is 0 Å². The third kappa shape index (κ3) is 3.43. The molecule has 100 valence electrons. The maximum atomic E-state index is 13.5. The molecule has 0 bridgehead atoms. The Balaban J connectivity index is 1.88. The summed E-state index contributed by atoms with van der Waals surface area (Å²) in [5.74, 6) is 0.00807. The van der Waals surface area contributed by atoms with Crippen LogP contribution in [0.2, 0.25) is 0 Å². The molecule has 1 aromatic rings. The van der Waals surface area contributed by atoms with Crippen LogP contribution in [0.1, 0.15) is 18.4 Å². The number of ether oxygens (including phenoxy) is 1. The molecule has 0 spiro atoms. The Bertz CT molecular complexity index is 397. The molecule has 1 aliphatic rings. The van der Waals surface area contributed by atoms with Gasteiger partial charge in [-0.2, -0.15) is 0 Å². The van der Waals surface area contributed by atoms with Crippen molar-refractivity contribution in [2.45, 2.75) is 25.4 Å². The fraction of sp³-hybridized carbons (Fsp3) is 0.571. The molecule has 2 rings (SSSR count). The van der Waals surface area contributed by atoms with E-state index in [1.807, 2.05) is 6.07 Å². The van der Waals surface area contributed by atoms with Crippen molar-refractivity contribution < 1.29 is 9.13 Å². The fourth-order valence-corrected chi connectivity index (χ4v) is 2.42. The van der Waals surface area contributed by atoms with Gasteiger partial charge in [-0.1, -0.05) is 6.07 Å². The van der Waals surface area contributed by atoms with Gasteiger partial charge in [0.2, 0.25) is 0 Å². The first kappa shape index (κ1) is 13.3. The quantitative estimate of drug-likeness (QED) is 0.887. The highest BCUT2D eigenvalue weighted by Gasteiger charge is 2.16. The lowest BCUT2D eigenvalue weighted by atomic mass is 10.1. The number of hydrogen-bond acceptors (Lipinski definition) is 3. The van der Waals surface area contributed by atoms with Crippen molar-refractivity contribution in [3.63, 3.8) is 0 Å². The lowest BCUT2D eigenvalue weighted by molar-refractivity contribution is 0.226. The van der Waals surface area contributed by atoms with Crippen molar-refractivity contribution in [2.75, 3.05) is 27.2 Å². The standard InChI is InChI=1S/C14H21FN2O/c1-17-7-3-4-12(10-17)16-9-11-5-6-14(18-2)13(15)8-11/h5-6,8,12,16H,3-4,7,9-10H2,1-2H3. The predicted molar refractivity (Wildman–Crippen MR) is 70.3 cm³/mol. The Hall–Kier alpha value is -1.13. The second-order valence-corrected chi connectivity index (χ2v) is 4.95. The van der Waals surface area contributed by atoms with E-state index in [4.69, 9.17) is 4.74 Å². The summed E-state index contributed by atoms with van der Waals surface area (Å²) in [7, 11) is 3.62. The van der Waals surface area contributed by atoms with Crippen molar-refractivity contribution in [1.29, 1.82) is 0 Å². The summed E-state index contributed by atoms with van der Waals surface area (Å²) >= 11 is 0. The molecule has 1 saturated heterocycles. The number of nitrogens with one attached hydrogen (secondary N) is 1. The largest absolute Gasteiger partial charge is 0.494 e. The first-order chi connectivity index (χ1) is 8.69. The Morgan fingerprint density at radius 3 is 3.00 bits per heavy atom. The maximum Gasteiger partial charge on any atom is 0.165 e. The van der Waals surface area contributed by atoms with E-state index in [0.29, 0.717) is 18.3 Å². The van der Waals surface area contributed by atoms with E-state index in [1.54, 1.807) is 12.1 Å². The highest BCUT2D eigenvalue weighted by atomic mass is 19.1. The molecule has 4 heteroatoms. The Morgan fingerprint density at radius 1 is 1.50 bits per heavy atom. The second kappa shape index (κ2) is 6.16. The molecule has 3 nitrogen and oxygen atoms in total. The molecule has 18 heavy (non-hydrogen) atoms. The number of nitrogens with zero attached hydrogens (tertiary/aromatic N) is 1. The molecule has 1 atom stereocenters. The molecular weight excluding hydrogens is 231 g/mol. The number of methoxy groups -OCH3 is 1. The number of piperidine rings is 1. The smallest absolute Gasteiger partial charge is 0.165 e. The Kier molecular flexibility index (Phi) is 4.55. The number of hydrogen-bond donors (Lipinski definition) is 1. The van der Waals surface area contributed by atoms with Gasteiger partial charge in [0.05, 0.1) is 7.11 Å². The van der Waals surface area contributed by atoms with Crippen LogP contribution in [0.15, 0.2) is 18.2 Å². The second-order valence-electron chi connectivity index (χ2n) is 4.95. The Morgan fingerprint density at radius 2 is 2.33 bits per heavy atom. The summed E-state index contributed by atoms with van der Waals surface area (Å²) in [6, 6.07) is 5.63. The van der Waals surface area contributed by atoms with Gasteiger partial charge in [0.25, 0.3) is 0 Å². The van der Waals surface area contributed by atoms with Crippen molar-refractivity contribution in [2.24, 2.45) is 0 Å². The topological polar surface area (TPSA) is 24.5 Å². The van der Waals surface area contributed by atoms with Gasteiger partial charge >= 0.3 is 0 Å². The van der Waals surface area contributed by atoms with E-state index in [0.717, 1.165) is 12.1 Å². The van der Waals surface area contributed by atoms with Crippen LogP contribution in [-0.2, 0) is 6.54 Å². The van der Waals surface area contributed by atoms with Gasteiger partial charge < -0.3 is 15.0 Å². The highest BCUT2D eigenvalue weighted by molar-refractivity contribution is 5.29. The number of likely N-dealkylation sites (N-methyl/N-ethyl adjacent to an activating group) is 1. The van der Waals surface area contributed by atoms with Crippen molar-refractivity contribution in [1.82, 2.24) is 10.2 Å². The molecule has 1 fully saturated rings. The highest BCUT2D eigenvalue weighted by Crippen LogP contribution is 2.18. The molecule has 0 aliphatic carbocycles. The normalized spacial score (nSPS) is 20.9. The van der Waals surface area contributed by atoms with E-state index in [2.05, 4.69) is 17.3 Å². The van der Waals surface area contributed by atoms with Crippen LogP contribution >= 0.6 is 0 Å². The summed E-state index contributed by atoms with van der Waals surface area (Å²) in [5, 5.41) is 3.48. The molecule has 0 radical (unpaired) electrons. The summed E-state index contributed by atoms with van der Waals surface area (Å²) in [5.41, 5.74) is 0.960. The van der Waals surface area contributed by atoms with Crippen LogP contribution in [-0.4, -0.2) is 38.2 Å². The van der Waals surface area contributed by atoms with Crippen LogP contribution in [0.25, 0.3) is 0 Å². The number of halogens is 1. The molecular formula is C14H21FN2O. The zero-order valence-corrected chi connectivity index (χ0v) is 11.1. The van der Waals surface area contributed by atoms with Gasteiger partial charge in [-0.3, -0.25) is 0 Å². The fourth-order valence-electron chi connectivity index (χ4n) is 2.42. The van der Waals surface area contributed by atoms with Gasteiger partial charge in [-0.15, -0.1) is 0 Å². The molecule has 0 aromatic heterocycles. The molecule has 1 N–H and O–H groups in total. The van der Waals surface area contributed by atoms with Crippen LogP contribution < -0.4 is 10.1 Å². The lowest BCUT2D eigenvalue weighted by Crippen LogP contribution is -2.43. The minimum atomic E-state index is -0.294. The minimum absolute atomic E-state index is 0.294. The average Bonchev–Trinajstić information content (AvgIpc) is 2.37. The molecule has 1 aliphatic heterocycles. The molecule has 1 heterocycles. The molecule has 1 unspecified atom stereocenters. The van der Waals surface area contributed by atoms with Crippen LogP contribution in [0.5, 0.6) is 5.75 Å². The lowest BCUT2D eigenvalue weighted by Gasteiger charge is -2.30. The van der Waals surface area contributed by atoms with Crippen molar-refractivity contribution in [3.05, 3.63) is 29.6 Å². The average molecular weight is 252 g/mol. The van der Waals surface area contributed by atoms with Gasteiger partial charge in [0.1, 0.15) is 0 Å². The summed E-state index contributed by atoms with van der Waals surface area (Å²) in [6.07, 6.45) is 2.42. The summed E-state index contributed by atoms with van der Waals surface area (Å²) in [4.78, 5) is 2.33. The molecule has 1 aromatic carbocycles. The van der Waals surface area contributed by atoms with Gasteiger partial charge in [0, 0.05) is 19.1 Å². The van der Waals surface area contributed by atoms with Crippen molar-refractivity contribution in [3.8, 4) is 5.75 Å². The molecule has 0 amide bonds. The first-order valence-corrected chi connectivity index (χ1v) is 6.43. The summed E-state index contributed by atoms with van der Waals surface area (Å²) in [6.45, 7) is 2.95. The monoisotopic (exact) mass is 252 g/mol. The van der Waals surface area contributed by atoms with E-state index in [-0.39, 0.29) is 5.82 Å². The number of benzene rings is 1. The van der Waals surface area contributed by atoms with Crippen molar-refractivity contribution >= 4 is 0 Å². The van der Waals surface area contributed by atoms with Gasteiger partial charge in [-0.05, 0) is 44.1 Å². The number of likely N-dealkylation sites (tertiary alicyclic amines) is 1. The van der Waals surface area contributed by atoms with E-state index < -0.39 is 0 Å². The maximum absolute atomic E-state index is 13.5. The van der Waals surface area contributed by atoms with Crippen LogP contribution in [0.4, 0.5) is 4.39 Å². The van der Waals surface area contributed by atoms with Crippen LogP contribution in [0, 0.1) is 5.82 Å². The number of rotatable bonds is 4. The Labute approximate surface area is 108 Å². The predicted octanol–water partition coefficient (Wildman–Crippen LogP) is 2.02. The summed E-state index contributed by atoms with van der Waals surface area (Å²) < 4.78 is 18.4. The van der Waals surface area contributed by atoms with E-state index in [1.165, 1.54) is 26.5 Å². The zero-order chi connectivity index (χ0) is 13.0. The molecule has 0 saturated carbocycles.